The van der Waals surface area contributed by atoms with Crippen LogP contribution in [0.2, 0.25) is 5.02 Å². The van der Waals surface area contributed by atoms with Crippen molar-refractivity contribution < 1.29 is 8.78 Å². The molecule has 1 aromatic carbocycles. The molecule has 0 bridgehead atoms. The van der Waals surface area contributed by atoms with Crippen molar-refractivity contribution in [3.8, 4) is 0 Å². The lowest BCUT2D eigenvalue weighted by molar-refractivity contribution is 0.515. The second-order valence-electron chi connectivity index (χ2n) is 5.80. The molecular formula is C16H13ClF2N6. The third-order valence-corrected chi connectivity index (χ3v) is 4.25. The van der Waals surface area contributed by atoms with Crippen LogP contribution in [-0.2, 0) is 0 Å². The highest BCUT2D eigenvalue weighted by Gasteiger charge is 2.24. The van der Waals surface area contributed by atoms with Crippen molar-refractivity contribution in [2.24, 2.45) is 5.73 Å². The first kappa shape index (κ1) is 15.9. The maximum atomic E-state index is 14.0. The minimum atomic E-state index is -0.827. The third-order valence-electron chi connectivity index (χ3n) is 3.96. The molecule has 1 aliphatic rings. The van der Waals surface area contributed by atoms with Crippen molar-refractivity contribution >= 4 is 40.0 Å². The number of benzene rings is 1. The molecular weight excluding hydrogens is 350 g/mol. The quantitative estimate of drug-likeness (QED) is 0.697. The second kappa shape index (κ2) is 6.05. The highest BCUT2D eigenvalue weighted by molar-refractivity contribution is 6.31. The van der Waals surface area contributed by atoms with Gasteiger partial charge < -0.3 is 16.0 Å². The number of halogens is 3. The fourth-order valence-corrected chi connectivity index (χ4v) is 2.81. The van der Waals surface area contributed by atoms with Crippen LogP contribution in [0.25, 0.3) is 11.0 Å². The van der Waals surface area contributed by atoms with E-state index < -0.39 is 11.6 Å². The van der Waals surface area contributed by atoms with Crippen molar-refractivity contribution in [2.45, 2.75) is 6.04 Å². The van der Waals surface area contributed by atoms with E-state index in [1.807, 2.05) is 17.0 Å². The molecule has 128 valence electrons. The zero-order valence-corrected chi connectivity index (χ0v) is 13.6. The summed E-state index contributed by atoms with van der Waals surface area (Å²) in [6, 6.07) is 5.67. The lowest BCUT2D eigenvalue weighted by Crippen LogP contribution is -2.56. The smallest absolute Gasteiger partial charge is 0.160 e. The molecule has 3 aromatic rings. The van der Waals surface area contributed by atoms with Gasteiger partial charge >= 0.3 is 0 Å². The van der Waals surface area contributed by atoms with Gasteiger partial charge in [-0.25, -0.2) is 23.7 Å². The molecule has 0 saturated carbocycles. The van der Waals surface area contributed by atoms with E-state index in [1.54, 1.807) is 0 Å². The Morgan fingerprint density at radius 1 is 1.16 bits per heavy atom. The van der Waals surface area contributed by atoms with Crippen LogP contribution >= 0.6 is 11.6 Å². The molecule has 0 spiro atoms. The summed E-state index contributed by atoms with van der Waals surface area (Å²) in [5, 5.41) is 2.62. The van der Waals surface area contributed by atoms with E-state index in [0.717, 1.165) is 18.9 Å². The summed E-state index contributed by atoms with van der Waals surface area (Å²) in [5.74, 6) is -0.562. The van der Waals surface area contributed by atoms with Crippen LogP contribution < -0.4 is 16.0 Å². The maximum Gasteiger partial charge on any atom is 0.160 e. The summed E-state index contributed by atoms with van der Waals surface area (Å²) >= 11 is 5.73. The van der Waals surface area contributed by atoms with Crippen molar-refractivity contribution in [2.75, 3.05) is 23.3 Å². The summed E-state index contributed by atoms with van der Waals surface area (Å²) in [7, 11) is 0. The van der Waals surface area contributed by atoms with E-state index in [-0.39, 0.29) is 16.8 Å². The molecule has 1 aliphatic heterocycles. The lowest BCUT2D eigenvalue weighted by Gasteiger charge is -2.37. The molecule has 3 heterocycles. The number of hydrogen-bond donors (Lipinski definition) is 2. The van der Waals surface area contributed by atoms with Gasteiger partial charge in [0.25, 0.3) is 0 Å². The first-order valence-electron chi connectivity index (χ1n) is 7.55. The largest absolute Gasteiger partial charge is 0.353 e. The van der Waals surface area contributed by atoms with Gasteiger partial charge in [-0.2, -0.15) is 0 Å². The van der Waals surface area contributed by atoms with E-state index in [9.17, 15) is 8.78 Å². The molecule has 0 aliphatic carbocycles. The van der Waals surface area contributed by atoms with Gasteiger partial charge in [-0.15, -0.1) is 0 Å². The molecule has 1 saturated heterocycles. The van der Waals surface area contributed by atoms with Gasteiger partial charge in [-0.05, 0) is 18.2 Å². The van der Waals surface area contributed by atoms with Crippen LogP contribution in [0.1, 0.15) is 0 Å². The number of nitrogens with one attached hydrogen (secondary N) is 1. The Labute approximate surface area is 146 Å². The molecule has 0 unspecified atom stereocenters. The van der Waals surface area contributed by atoms with Gasteiger partial charge in [-0.1, -0.05) is 11.6 Å². The van der Waals surface area contributed by atoms with E-state index in [2.05, 4.69) is 20.3 Å². The van der Waals surface area contributed by atoms with Crippen LogP contribution in [0.3, 0.4) is 0 Å². The van der Waals surface area contributed by atoms with Crippen LogP contribution in [0.4, 0.5) is 26.1 Å². The normalized spacial score (nSPS) is 14.6. The van der Waals surface area contributed by atoms with E-state index >= 15 is 0 Å². The summed E-state index contributed by atoms with van der Waals surface area (Å²) < 4.78 is 27.3. The summed E-state index contributed by atoms with van der Waals surface area (Å²) in [6.07, 6.45) is 1.34. The average molecular weight is 363 g/mol. The number of fused-ring (bicyclic) bond motifs is 1. The summed E-state index contributed by atoms with van der Waals surface area (Å²) in [4.78, 5) is 14.9. The maximum absolute atomic E-state index is 14.0. The Kier molecular flexibility index (Phi) is 3.85. The van der Waals surface area contributed by atoms with E-state index in [4.69, 9.17) is 17.3 Å². The molecule has 25 heavy (non-hydrogen) atoms. The number of rotatable bonds is 3. The Morgan fingerprint density at radius 2 is 1.96 bits per heavy atom. The monoisotopic (exact) mass is 362 g/mol. The minimum absolute atomic E-state index is 0.00424. The second-order valence-corrected chi connectivity index (χ2v) is 6.20. The van der Waals surface area contributed by atoms with Crippen molar-refractivity contribution in [3.05, 3.63) is 47.2 Å². The van der Waals surface area contributed by atoms with Crippen LogP contribution in [0, 0.1) is 11.6 Å². The van der Waals surface area contributed by atoms with Crippen LogP contribution in [0.5, 0.6) is 0 Å². The molecule has 9 heteroatoms. The predicted octanol–water partition coefficient (Wildman–Crippen LogP) is 2.85. The molecule has 6 nitrogen and oxygen atoms in total. The van der Waals surface area contributed by atoms with Crippen molar-refractivity contribution in [1.82, 2.24) is 15.0 Å². The van der Waals surface area contributed by atoms with Crippen molar-refractivity contribution in [3.63, 3.8) is 0 Å². The van der Waals surface area contributed by atoms with Gasteiger partial charge in [0, 0.05) is 25.2 Å². The number of pyridine rings is 1. The SMILES string of the molecule is NC1CN(c2ccc3ncnc(Nc4cc(Cl)c(F)cc4F)c3n2)C1. The van der Waals surface area contributed by atoms with E-state index in [1.165, 1.54) is 12.4 Å². The molecule has 0 amide bonds. The van der Waals surface area contributed by atoms with Crippen LogP contribution in [0.15, 0.2) is 30.6 Å². The molecule has 0 radical (unpaired) electrons. The van der Waals surface area contributed by atoms with Gasteiger partial charge in [0.2, 0.25) is 0 Å². The van der Waals surface area contributed by atoms with E-state index in [0.29, 0.717) is 22.9 Å². The Balaban J connectivity index is 1.74. The summed E-state index contributed by atoms with van der Waals surface area (Å²) in [5.41, 5.74) is 6.88. The number of nitrogens with two attached hydrogens (primary N) is 1. The number of nitrogens with zero attached hydrogens (tertiary/aromatic N) is 4. The zero-order chi connectivity index (χ0) is 17.6. The molecule has 0 atom stereocenters. The highest BCUT2D eigenvalue weighted by Crippen LogP contribution is 2.29. The third kappa shape index (κ3) is 2.94. The molecule has 1 fully saturated rings. The molecule has 3 N–H and O–H groups in total. The first-order chi connectivity index (χ1) is 12.0. The molecule has 2 aromatic heterocycles. The Bertz CT molecular complexity index is 961. The Hall–Kier alpha value is -2.58. The fourth-order valence-electron chi connectivity index (χ4n) is 2.64. The number of hydrogen-bond acceptors (Lipinski definition) is 6. The minimum Gasteiger partial charge on any atom is -0.353 e. The number of aromatic nitrogens is 3. The zero-order valence-electron chi connectivity index (χ0n) is 12.9. The topological polar surface area (TPSA) is 80.0 Å². The number of anilines is 3. The average Bonchev–Trinajstić information content (AvgIpc) is 2.57. The Morgan fingerprint density at radius 3 is 2.72 bits per heavy atom. The lowest BCUT2D eigenvalue weighted by atomic mass is 10.1. The van der Waals surface area contributed by atoms with Crippen LogP contribution in [-0.4, -0.2) is 34.1 Å². The standard InChI is InChI=1S/C16H13ClF2N6/c17-9-3-13(11(19)4-10(9)18)23-16-15-12(21-7-22-16)1-2-14(24-15)25-5-8(20)6-25/h1-4,7-8H,5-6,20H2,(H,21,22,23). The van der Waals surface area contributed by atoms with Gasteiger partial charge in [0.05, 0.1) is 16.2 Å². The fraction of sp³-hybridized carbons (Fsp3) is 0.188. The highest BCUT2D eigenvalue weighted by atomic mass is 35.5. The predicted molar refractivity (Wildman–Crippen MR) is 92.2 cm³/mol. The molecule has 4 rings (SSSR count). The van der Waals surface area contributed by atoms with Crippen molar-refractivity contribution in [1.29, 1.82) is 0 Å². The summed E-state index contributed by atoms with van der Waals surface area (Å²) in [6.45, 7) is 1.44. The first-order valence-corrected chi connectivity index (χ1v) is 7.93. The van der Waals surface area contributed by atoms with Gasteiger partial charge in [0.1, 0.15) is 29.3 Å². The van der Waals surface area contributed by atoms with Gasteiger partial charge in [0.15, 0.2) is 5.82 Å². The van der Waals surface area contributed by atoms with Gasteiger partial charge in [-0.3, -0.25) is 0 Å².